The molecule has 5 nitrogen and oxygen atoms in total. The lowest BCUT2D eigenvalue weighted by Gasteiger charge is -2.36. The summed E-state index contributed by atoms with van der Waals surface area (Å²) < 4.78 is 54.0. The molecule has 28 heavy (non-hydrogen) atoms. The Morgan fingerprint density at radius 1 is 1.21 bits per heavy atom. The van der Waals surface area contributed by atoms with Crippen LogP contribution in [0.1, 0.15) is 25.3 Å². The van der Waals surface area contributed by atoms with Crippen LogP contribution in [0.5, 0.6) is 0 Å². The van der Waals surface area contributed by atoms with E-state index in [0.29, 0.717) is 18.5 Å². The number of rotatable bonds is 5. The summed E-state index contributed by atoms with van der Waals surface area (Å²) in [6.45, 7) is 1.58. The monoisotopic (exact) mass is 397 g/mol. The van der Waals surface area contributed by atoms with Gasteiger partial charge >= 0.3 is 0 Å². The number of nitrogens with one attached hydrogen (secondary N) is 2. The average molecular weight is 397 g/mol. The maximum absolute atomic E-state index is 13.8. The fourth-order valence-electron chi connectivity index (χ4n) is 3.04. The number of aliphatic hydroxyl groups excluding tert-OH is 1. The molecule has 0 bridgehead atoms. The minimum absolute atomic E-state index is 0.0596. The molecule has 1 aliphatic heterocycles. The first-order valence-electron chi connectivity index (χ1n) is 8.62. The van der Waals surface area contributed by atoms with Crippen molar-refractivity contribution in [3.8, 4) is 0 Å². The number of halogens is 4. The van der Waals surface area contributed by atoms with Crippen molar-refractivity contribution < 1.29 is 27.5 Å². The second kappa shape index (κ2) is 8.05. The second-order valence-corrected chi connectivity index (χ2v) is 6.70. The Kier molecular flexibility index (Phi) is 5.73. The van der Waals surface area contributed by atoms with E-state index in [1.165, 1.54) is 4.90 Å². The van der Waals surface area contributed by atoms with E-state index in [9.17, 15) is 27.5 Å². The van der Waals surface area contributed by atoms with Crippen LogP contribution in [0.25, 0.3) is 0 Å². The summed E-state index contributed by atoms with van der Waals surface area (Å²) in [5, 5.41) is 14.8. The van der Waals surface area contributed by atoms with E-state index in [-0.39, 0.29) is 18.7 Å². The van der Waals surface area contributed by atoms with E-state index in [2.05, 4.69) is 10.6 Å². The summed E-state index contributed by atoms with van der Waals surface area (Å²) >= 11 is 0. The molecule has 150 valence electrons. The normalized spacial score (nSPS) is 20.0. The summed E-state index contributed by atoms with van der Waals surface area (Å²) in [4.78, 5) is 13.0. The summed E-state index contributed by atoms with van der Waals surface area (Å²) in [5.74, 6) is -6.30. The van der Waals surface area contributed by atoms with E-state index in [1.54, 1.807) is 6.08 Å². The predicted octanol–water partition coefficient (Wildman–Crippen LogP) is 2.71. The van der Waals surface area contributed by atoms with Gasteiger partial charge in [-0.25, -0.2) is 13.2 Å². The Hall–Kier alpha value is -2.81. The number of carbonyl (C=O) groups excluding carboxylic acids is 1. The molecule has 3 rings (SSSR count). The van der Waals surface area contributed by atoms with Crippen LogP contribution < -0.4 is 10.6 Å². The molecule has 0 saturated heterocycles. The van der Waals surface area contributed by atoms with Gasteiger partial charge in [-0.3, -0.25) is 4.79 Å². The van der Waals surface area contributed by atoms with Crippen molar-refractivity contribution in [2.45, 2.75) is 32.6 Å². The summed E-state index contributed by atoms with van der Waals surface area (Å²) in [7, 11) is 0. The van der Waals surface area contributed by atoms with Crippen molar-refractivity contribution in [2.24, 2.45) is 0 Å². The molecule has 0 fully saturated rings. The topological polar surface area (TPSA) is 64.6 Å². The van der Waals surface area contributed by atoms with Gasteiger partial charge in [-0.1, -0.05) is 0 Å². The molecule has 0 aromatic heterocycles. The summed E-state index contributed by atoms with van der Waals surface area (Å²) in [6, 6.07) is 1.62. The van der Waals surface area contributed by atoms with E-state index in [4.69, 9.17) is 0 Å². The van der Waals surface area contributed by atoms with Crippen LogP contribution in [0.2, 0.25) is 0 Å². The van der Waals surface area contributed by atoms with Crippen molar-refractivity contribution >= 4 is 5.91 Å². The summed E-state index contributed by atoms with van der Waals surface area (Å²) in [5.41, 5.74) is 2.48. The number of hydrogen-bond donors (Lipinski definition) is 3. The predicted molar refractivity (Wildman–Crippen MR) is 93.2 cm³/mol. The highest BCUT2D eigenvalue weighted by atomic mass is 19.2. The average Bonchev–Trinajstić information content (AvgIpc) is 2.65. The molecule has 2 aliphatic rings. The molecular formula is C19H19F4N3O2. The molecule has 3 N–H and O–H groups in total. The van der Waals surface area contributed by atoms with E-state index >= 15 is 0 Å². The Morgan fingerprint density at radius 2 is 1.89 bits per heavy atom. The van der Waals surface area contributed by atoms with Gasteiger partial charge in [0.1, 0.15) is 0 Å². The first kappa shape index (κ1) is 19.9. The van der Waals surface area contributed by atoms with Gasteiger partial charge < -0.3 is 20.6 Å². The number of benzene rings is 1. The van der Waals surface area contributed by atoms with Crippen LogP contribution in [-0.2, 0) is 11.3 Å². The highest BCUT2D eigenvalue weighted by molar-refractivity contribution is 5.92. The molecule has 1 amide bonds. The van der Waals surface area contributed by atoms with Crippen LogP contribution in [0.4, 0.5) is 17.6 Å². The third-order valence-corrected chi connectivity index (χ3v) is 4.63. The second-order valence-electron chi connectivity index (χ2n) is 6.70. The third-order valence-electron chi connectivity index (χ3n) is 4.63. The molecule has 1 aliphatic carbocycles. The SMILES string of the molecule is CC1=C(NC2NC(=O)C(F)=CN2Cc2cc(F)c(F)c(F)c2)C=C(CO)CC1. The van der Waals surface area contributed by atoms with E-state index in [0.717, 1.165) is 29.5 Å². The van der Waals surface area contributed by atoms with Gasteiger partial charge in [-0.05, 0) is 54.7 Å². The molecule has 1 unspecified atom stereocenters. The standard InChI is InChI=1S/C19H19F4N3O2/c1-10-2-3-11(9-27)6-16(10)24-19-25-18(28)15(22)8-26(19)7-12-4-13(20)17(23)14(21)5-12/h4-6,8,19,24,27H,2-3,7,9H2,1H3,(H,25,28). The van der Waals surface area contributed by atoms with Crippen molar-refractivity contribution in [1.82, 2.24) is 15.5 Å². The van der Waals surface area contributed by atoms with Crippen molar-refractivity contribution in [3.05, 3.63) is 70.1 Å². The van der Waals surface area contributed by atoms with Gasteiger partial charge in [-0.2, -0.15) is 4.39 Å². The number of carbonyl (C=O) groups is 1. The zero-order chi connectivity index (χ0) is 20.4. The Bertz CT molecular complexity index is 872. The van der Waals surface area contributed by atoms with Gasteiger partial charge in [0.05, 0.1) is 6.61 Å². The van der Waals surface area contributed by atoms with Crippen molar-refractivity contribution in [3.63, 3.8) is 0 Å². The van der Waals surface area contributed by atoms with Gasteiger partial charge in [0, 0.05) is 18.4 Å². The van der Waals surface area contributed by atoms with Gasteiger partial charge in [0.25, 0.3) is 5.91 Å². The maximum atomic E-state index is 13.8. The fraction of sp³-hybridized carbons (Fsp3) is 0.316. The Balaban J connectivity index is 1.87. The lowest BCUT2D eigenvalue weighted by molar-refractivity contribution is -0.122. The molecule has 0 radical (unpaired) electrons. The molecule has 9 heteroatoms. The molecule has 0 spiro atoms. The lowest BCUT2D eigenvalue weighted by Crippen LogP contribution is -2.57. The molecule has 0 saturated carbocycles. The number of aliphatic hydroxyl groups is 1. The first-order chi connectivity index (χ1) is 13.3. The number of nitrogens with zero attached hydrogens (tertiary/aromatic N) is 1. The highest BCUT2D eigenvalue weighted by Crippen LogP contribution is 2.24. The molecule has 1 aromatic carbocycles. The Morgan fingerprint density at radius 3 is 2.54 bits per heavy atom. The molecule has 1 atom stereocenters. The van der Waals surface area contributed by atoms with Gasteiger partial charge in [-0.15, -0.1) is 0 Å². The van der Waals surface area contributed by atoms with Gasteiger partial charge in [0.15, 0.2) is 23.7 Å². The zero-order valence-corrected chi connectivity index (χ0v) is 15.0. The number of hydrogen-bond acceptors (Lipinski definition) is 4. The minimum atomic E-state index is -1.59. The molecule has 1 heterocycles. The number of allylic oxidation sites excluding steroid dienone is 2. The van der Waals surface area contributed by atoms with E-state index < -0.39 is 35.5 Å². The largest absolute Gasteiger partial charge is 0.392 e. The first-order valence-corrected chi connectivity index (χ1v) is 8.62. The fourth-order valence-corrected chi connectivity index (χ4v) is 3.04. The van der Waals surface area contributed by atoms with Crippen LogP contribution in [0.15, 0.2) is 47.1 Å². The maximum Gasteiger partial charge on any atom is 0.284 e. The number of amides is 1. The van der Waals surface area contributed by atoms with Gasteiger partial charge in [0.2, 0.25) is 5.83 Å². The third kappa shape index (κ3) is 4.19. The van der Waals surface area contributed by atoms with Crippen molar-refractivity contribution in [2.75, 3.05) is 6.61 Å². The molecule has 1 aromatic rings. The Labute approximate surface area is 159 Å². The van der Waals surface area contributed by atoms with Crippen LogP contribution in [-0.4, -0.2) is 28.8 Å². The summed E-state index contributed by atoms with van der Waals surface area (Å²) in [6.07, 6.45) is 3.16. The van der Waals surface area contributed by atoms with Crippen LogP contribution in [0, 0.1) is 17.5 Å². The van der Waals surface area contributed by atoms with Crippen LogP contribution >= 0.6 is 0 Å². The lowest BCUT2D eigenvalue weighted by atomic mass is 9.97. The minimum Gasteiger partial charge on any atom is -0.392 e. The zero-order valence-electron chi connectivity index (χ0n) is 15.0. The van der Waals surface area contributed by atoms with Crippen molar-refractivity contribution in [1.29, 1.82) is 0 Å². The smallest absolute Gasteiger partial charge is 0.284 e. The quantitative estimate of drug-likeness (QED) is 0.528. The highest BCUT2D eigenvalue weighted by Gasteiger charge is 2.28. The van der Waals surface area contributed by atoms with Crippen LogP contribution in [0.3, 0.4) is 0 Å². The molecular weight excluding hydrogens is 378 g/mol. The van der Waals surface area contributed by atoms with E-state index in [1.807, 2.05) is 6.92 Å².